The van der Waals surface area contributed by atoms with Crippen molar-refractivity contribution in [3.8, 4) is 11.5 Å². The second kappa shape index (κ2) is 3.37. The Labute approximate surface area is 94.2 Å². The minimum atomic E-state index is -0.434. The summed E-state index contributed by atoms with van der Waals surface area (Å²) in [7, 11) is 1.63. The lowest BCUT2D eigenvalue weighted by Crippen LogP contribution is -2.64. The lowest BCUT2D eigenvalue weighted by molar-refractivity contribution is -0.0483. The molecule has 3 rings (SSSR count). The van der Waals surface area contributed by atoms with Crippen LogP contribution in [0.25, 0.3) is 0 Å². The number of benzene rings is 1. The van der Waals surface area contributed by atoms with E-state index in [2.05, 4.69) is 5.32 Å². The summed E-state index contributed by atoms with van der Waals surface area (Å²) in [6.45, 7) is 1.61. The Morgan fingerprint density at radius 2 is 2.31 bits per heavy atom. The number of rotatable bonds is 1. The van der Waals surface area contributed by atoms with Crippen molar-refractivity contribution >= 4 is 0 Å². The van der Waals surface area contributed by atoms with Crippen LogP contribution in [0.2, 0.25) is 0 Å². The summed E-state index contributed by atoms with van der Waals surface area (Å²) in [4.78, 5) is 0. The van der Waals surface area contributed by atoms with E-state index >= 15 is 0 Å². The SMILES string of the molecule is COc1ccc2c(c1)OC1(CNC1)C[C@H]2O. The Balaban J connectivity index is 1.98. The standard InChI is InChI=1S/C12H15NO3/c1-15-8-2-3-9-10(14)5-12(6-13-7-12)16-11(9)4-8/h2-4,10,13-14H,5-7H2,1H3/t10-/m1/s1. The summed E-state index contributed by atoms with van der Waals surface area (Å²) in [6.07, 6.45) is 0.232. The van der Waals surface area contributed by atoms with Crippen molar-refractivity contribution in [2.75, 3.05) is 20.2 Å². The molecule has 1 aromatic carbocycles. The molecule has 0 unspecified atom stereocenters. The van der Waals surface area contributed by atoms with Crippen LogP contribution >= 0.6 is 0 Å². The molecule has 1 atom stereocenters. The zero-order valence-corrected chi connectivity index (χ0v) is 9.19. The Morgan fingerprint density at radius 1 is 1.50 bits per heavy atom. The molecule has 0 saturated carbocycles. The second-order valence-electron chi connectivity index (χ2n) is 4.51. The predicted molar refractivity (Wildman–Crippen MR) is 58.8 cm³/mol. The number of ether oxygens (including phenoxy) is 2. The predicted octanol–water partition coefficient (Wildman–Crippen LogP) is 0.853. The maximum absolute atomic E-state index is 10.1. The van der Waals surface area contributed by atoms with Crippen LogP contribution in [-0.4, -0.2) is 30.9 Å². The highest BCUT2D eigenvalue weighted by molar-refractivity contribution is 5.44. The van der Waals surface area contributed by atoms with Crippen LogP contribution in [0.4, 0.5) is 0 Å². The first-order valence-electron chi connectivity index (χ1n) is 5.48. The fourth-order valence-corrected chi connectivity index (χ4v) is 2.36. The summed E-state index contributed by atoms with van der Waals surface area (Å²) < 4.78 is 11.1. The molecule has 1 aromatic rings. The molecule has 2 N–H and O–H groups in total. The van der Waals surface area contributed by atoms with Gasteiger partial charge in [-0.3, -0.25) is 0 Å². The summed E-state index contributed by atoms with van der Waals surface area (Å²) in [5, 5.41) is 13.3. The Bertz CT molecular complexity index is 415. The van der Waals surface area contributed by atoms with Crippen molar-refractivity contribution in [1.82, 2.24) is 5.32 Å². The van der Waals surface area contributed by atoms with Gasteiger partial charge in [0, 0.05) is 31.1 Å². The Hall–Kier alpha value is -1.26. The quantitative estimate of drug-likeness (QED) is 0.738. The van der Waals surface area contributed by atoms with Gasteiger partial charge >= 0.3 is 0 Å². The topological polar surface area (TPSA) is 50.7 Å². The van der Waals surface area contributed by atoms with Gasteiger partial charge in [-0.15, -0.1) is 0 Å². The largest absolute Gasteiger partial charge is 0.497 e. The molecule has 2 aliphatic rings. The van der Waals surface area contributed by atoms with Crippen molar-refractivity contribution in [3.05, 3.63) is 23.8 Å². The van der Waals surface area contributed by atoms with E-state index in [0.717, 1.165) is 30.2 Å². The molecule has 0 aromatic heterocycles. The summed E-state index contributed by atoms with van der Waals surface area (Å²) in [6, 6.07) is 5.57. The van der Waals surface area contributed by atoms with Crippen molar-refractivity contribution in [1.29, 1.82) is 0 Å². The van der Waals surface area contributed by atoms with E-state index in [1.807, 2.05) is 18.2 Å². The summed E-state index contributed by atoms with van der Waals surface area (Å²) in [5.74, 6) is 1.51. The smallest absolute Gasteiger partial charge is 0.136 e. The summed E-state index contributed by atoms with van der Waals surface area (Å²) >= 11 is 0. The molecular formula is C12H15NO3. The number of nitrogens with one attached hydrogen (secondary N) is 1. The fraction of sp³-hybridized carbons (Fsp3) is 0.500. The first-order valence-corrected chi connectivity index (χ1v) is 5.48. The van der Waals surface area contributed by atoms with Gasteiger partial charge in [0.1, 0.15) is 17.1 Å². The summed E-state index contributed by atoms with van der Waals surface area (Å²) in [5.41, 5.74) is 0.650. The van der Waals surface area contributed by atoms with E-state index in [9.17, 15) is 5.11 Å². The van der Waals surface area contributed by atoms with Gasteiger partial charge in [0.05, 0.1) is 13.2 Å². The van der Waals surface area contributed by atoms with Crippen molar-refractivity contribution < 1.29 is 14.6 Å². The van der Waals surface area contributed by atoms with E-state index in [-0.39, 0.29) is 5.60 Å². The Morgan fingerprint density at radius 3 is 2.94 bits per heavy atom. The number of aliphatic hydroxyl groups excluding tert-OH is 1. The van der Waals surface area contributed by atoms with E-state index < -0.39 is 6.10 Å². The minimum Gasteiger partial charge on any atom is -0.497 e. The third-order valence-corrected chi connectivity index (χ3v) is 3.37. The lowest BCUT2D eigenvalue weighted by Gasteiger charge is -2.47. The van der Waals surface area contributed by atoms with E-state index in [1.54, 1.807) is 7.11 Å². The maximum Gasteiger partial charge on any atom is 0.136 e. The number of aliphatic hydroxyl groups is 1. The number of fused-ring (bicyclic) bond motifs is 1. The van der Waals surface area contributed by atoms with Crippen molar-refractivity contribution in [2.45, 2.75) is 18.1 Å². The molecule has 16 heavy (non-hydrogen) atoms. The monoisotopic (exact) mass is 221 g/mol. The van der Waals surface area contributed by atoms with Gasteiger partial charge in [-0.1, -0.05) is 0 Å². The number of hydrogen-bond acceptors (Lipinski definition) is 4. The first-order chi connectivity index (χ1) is 7.72. The molecule has 0 radical (unpaired) electrons. The average Bonchev–Trinajstić information content (AvgIpc) is 2.26. The van der Waals surface area contributed by atoms with Crippen molar-refractivity contribution in [2.24, 2.45) is 0 Å². The molecular weight excluding hydrogens is 206 g/mol. The molecule has 1 saturated heterocycles. The van der Waals surface area contributed by atoms with Gasteiger partial charge in [-0.25, -0.2) is 0 Å². The van der Waals surface area contributed by atoms with Crippen LogP contribution < -0.4 is 14.8 Å². The van der Waals surface area contributed by atoms with Crippen LogP contribution in [0.1, 0.15) is 18.1 Å². The lowest BCUT2D eigenvalue weighted by atomic mass is 9.84. The molecule has 4 heteroatoms. The van der Waals surface area contributed by atoms with Crippen LogP contribution in [0, 0.1) is 0 Å². The number of hydrogen-bond donors (Lipinski definition) is 2. The Kier molecular flexibility index (Phi) is 2.09. The van der Waals surface area contributed by atoms with Crippen LogP contribution in [0.3, 0.4) is 0 Å². The van der Waals surface area contributed by atoms with E-state index in [4.69, 9.17) is 9.47 Å². The van der Waals surface area contributed by atoms with Crippen LogP contribution in [-0.2, 0) is 0 Å². The van der Waals surface area contributed by atoms with Crippen LogP contribution in [0.15, 0.2) is 18.2 Å². The molecule has 0 bridgehead atoms. The normalized spacial score (nSPS) is 25.5. The van der Waals surface area contributed by atoms with Gasteiger partial charge in [-0.2, -0.15) is 0 Å². The second-order valence-corrected chi connectivity index (χ2v) is 4.51. The zero-order chi connectivity index (χ0) is 11.2. The zero-order valence-electron chi connectivity index (χ0n) is 9.19. The molecule has 4 nitrogen and oxygen atoms in total. The molecule has 2 aliphatic heterocycles. The molecule has 2 heterocycles. The van der Waals surface area contributed by atoms with Gasteiger partial charge in [-0.05, 0) is 12.1 Å². The molecule has 86 valence electrons. The van der Waals surface area contributed by atoms with Gasteiger partial charge in [0.2, 0.25) is 0 Å². The van der Waals surface area contributed by atoms with E-state index in [0.29, 0.717) is 6.42 Å². The minimum absolute atomic E-state index is 0.210. The third kappa shape index (κ3) is 1.37. The average molecular weight is 221 g/mol. The van der Waals surface area contributed by atoms with Crippen molar-refractivity contribution in [3.63, 3.8) is 0 Å². The highest BCUT2D eigenvalue weighted by Gasteiger charge is 2.45. The number of methoxy groups -OCH3 is 1. The molecule has 1 spiro atoms. The highest BCUT2D eigenvalue weighted by Crippen LogP contribution is 2.42. The first kappa shape index (κ1) is 9.93. The van der Waals surface area contributed by atoms with E-state index in [1.165, 1.54) is 0 Å². The van der Waals surface area contributed by atoms with Gasteiger partial charge in [0.15, 0.2) is 0 Å². The maximum atomic E-state index is 10.1. The molecule has 1 fully saturated rings. The van der Waals surface area contributed by atoms with Crippen LogP contribution in [0.5, 0.6) is 11.5 Å². The third-order valence-electron chi connectivity index (χ3n) is 3.37. The van der Waals surface area contributed by atoms with Gasteiger partial charge in [0.25, 0.3) is 0 Å². The molecule has 0 aliphatic carbocycles. The highest BCUT2D eigenvalue weighted by atomic mass is 16.5. The molecule has 0 amide bonds. The van der Waals surface area contributed by atoms with Gasteiger partial charge < -0.3 is 19.9 Å². The fourth-order valence-electron chi connectivity index (χ4n) is 2.36.